The van der Waals surface area contributed by atoms with Crippen molar-refractivity contribution in [2.45, 2.75) is 34.6 Å². The van der Waals surface area contributed by atoms with Crippen LogP contribution < -0.4 is 5.10 Å². The van der Waals surface area contributed by atoms with Gasteiger partial charge in [0.1, 0.15) is 0 Å². The van der Waals surface area contributed by atoms with E-state index >= 15 is 0 Å². The molecular formula is C11H18N3Re-. The van der Waals surface area contributed by atoms with Crippen molar-refractivity contribution >= 4 is 11.0 Å². The van der Waals surface area contributed by atoms with E-state index in [0.29, 0.717) is 0 Å². The van der Waals surface area contributed by atoms with E-state index in [4.69, 9.17) is 0 Å². The minimum atomic E-state index is 0. The Morgan fingerprint density at radius 3 is 2.27 bits per heavy atom. The molecule has 0 aliphatic rings. The normalized spacial score (nSPS) is 7.80. The van der Waals surface area contributed by atoms with Gasteiger partial charge in [0.25, 0.3) is 0 Å². The zero-order chi connectivity index (χ0) is 11.0. The third-order valence-electron chi connectivity index (χ3n) is 1.39. The molecule has 0 atom stereocenters. The van der Waals surface area contributed by atoms with Crippen LogP contribution in [0.25, 0.3) is 11.0 Å². The van der Waals surface area contributed by atoms with Gasteiger partial charge >= 0.3 is 0 Å². The van der Waals surface area contributed by atoms with Crippen molar-refractivity contribution < 1.29 is 20.4 Å². The van der Waals surface area contributed by atoms with E-state index in [2.05, 4.69) is 15.2 Å². The quantitative estimate of drug-likeness (QED) is 0.708. The van der Waals surface area contributed by atoms with Gasteiger partial charge in [-0.15, -0.1) is 0 Å². The minimum Gasteiger partial charge on any atom is -0.574 e. The molecule has 0 bridgehead atoms. The molecule has 1 radical (unpaired) electrons. The van der Waals surface area contributed by atoms with Crippen molar-refractivity contribution in [1.82, 2.24) is 15.2 Å². The zero-order valence-corrected chi connectivity index (χ0v) is 12.7. The molecule has 2 aromatic heterocycles. The molecule has 0 aromatic carbocycles. The first-order valence-corrected chi connectivity index (χ1v) is 5.08. The molecule has 15 heavy (non-hydrogen) atoms. The molecule has 0 aliphatic carbocycles. The van der Waals surface area contributed by atoms with Crippen LogP contribution >= 0.6 is 0 Å². The molecule has 85 valence electrons. The van der Waals surface area contributed by atoms with Crippen molar-refractivity contribution in [3.05, 3.63) is 24.0 Å². The minimum absolute atomic E-state index is 0. The summed E-state index contributed by atoms with van der Waals surface area (Å²) in [5, 5.41) is 7.58. The van der Waals surface area contributed by atoms with Crippen LogP contribution in [0.2, 0.25) is 0 Å². The van der Waals surface area contributed by atoms with Gasteiger partial charge in [-0.3, -0.25) is 4.98 Å². The second kappa shape index (κ2) is 9.82. The van der Waals surface area contributed by atoms with Crippen molar-refractivity contribution in [1.29, 1.82) is 0 Å². The molecule has 0 unspecified atom stereocenters. The van der Waals surface area contributed by atoms with Gasteiger partial charge in [0.05, 0.1) is 5.52 Å². The Kier molecular flexibility index (Phi) is 10.9. The number of hydrogen-bond donors (Lipinski definition) is 0. The molecule has 2 rings (SSSR count). The van der Waals surface area contributed by atoms with E-state index < -0.39 is 0 Å². The maximum Gasteiger partial charge on any atom is 0.0660 e. The van der Waals surface area contributed by atoms with E-state index in [1.54, 1.807) is 6.20 Å². The summed E-state index contributed by atoms with van der Waals surface area (Å²) >= 11 is 0. The van der Waals surface area contributed by atoms with Gasteiger partial charge in [0, 0.05) is 32.3 Å². The molecule has 0 saturated carbocycles. The molecule has 0 spiro atoms. The summed E-state index contributed by atoms with van der Waals surface area (Å²) < 4.78 is 0. The summed E-state index contributed by atoms with van der Waals surface area (Å²) in [4.78, 5) is 4.21. The smallest absolute Gasteiger partial charge is 0.0660 e. The van der Waals surface area contributed by atoms with Gasteiger partial charge in [0.15, 0.2) is 0 Å². The number of rotatable bonds is 0. The number of fused-ring (bicyclic) bond motifs is 1. The molecule has 2 aromatic rings. The third-order valence-corrected chi connectivity index (χ3v) is 1.39. The van der Waals surface area contributed by atoms with Crippen LogP contribution in [0, 0.1) is 6.92 Å². The average molecular weight is 378 g/mol. The van der Waals surface area contributed by atoms with E-state index in [9.17, 15) is 0 Å². The molecule has 0 aliphatic heterocycles. The number of nitrogens with zero attached hydrogens (tertiary/aromatic N) is 3. The standard InChI is InChI=1S/C7H6N3.2C2H6.Re/c1-5-2-3-6-7(9-5)4-8-10-6;2*1-2;/h2-4H,1H3;2*1-2H3;/q-1;;;. The number of aryl methyl sites for hydroxylation is 1. The van der Waals surface area contributed by atoms with Crippen LogP contribution in [-0.2, 0) is 20.4 Å². The molecule has 0 N–H and O–H groups in total. The molecule has 4 heteroatoms. The van der Waals surface area contributed by atoms with Crippen molar-refractivity contribution in [3.8, 4) is 0 Å². The Balaban J connectivity index is 0. The maximum absolute atomic E-state index is 4.21. The van der Waals surface area contributed by atoms with E-state index in [0.717, 1.165) is 16.7 Å². The first-order chi connectivity index (χ1) is 6.86. The van der Waals surface area contributed by atoms with Crippen LogP contribution in [0.4, 0.5) is 0 Å². The Bertz CT molecular complexity index is 357. The van der Waals surface area contributed by atoms with Crippen LogP contribution in [0.15, 0.2) is 18.3 Å². The summed E-state index contributed by atoms with van der Waals surface area (Å²) in [5.41, 5.74) is 2.74. The SMILES string of the molecule is CC.CC.Cc1ccc2[n-]ncc2n1.[Re]. The van der Waals surface area contributed by atoms with Crippen molar-refractivity contribution in [3.63, 3.8) is 0 Å². The summed E-state index contributed by atoms with van der Waals surface area (Å²) in [6, 6.07) is 3.85. The first kappa shape index (κ1) is 16.7. The number of hydrogen-bond acceptors (Lipinski definition) is 2. The number of pyridine rings is 1. The van der Waals surface area contributed by atoms with Crippen LogP contribution in [-0.4, -0.2) is 10.1 Å². The fourth-order valence-electron chi connectivity index (χ4n) is 0.895. The molecule has 3 nitrogen and oxygen atoms in total. The van der Waals surface area contributed by atoms with E-state index in [-0.39, 0.29) is 20.4 Å². The predicted octanol–water partition coefficient (Wildman–Crippen LogP) is 2.95. The average Bonchev–Trinajstić information content (AvgIpc) is 2.71. The molecule has 0 amide bonds. The van der Waals surface area contributed by atoms with Crippen LogP contribution in [0.1, 0.15) is 33.4 Å². The molecule has 2 heterocycles. The van der Waals surface area contributed by atoms with Crippen LogP contribution in [0.5, 0.6) is 0 Å². The Morgan fingerprint density at radius 2 is 1.67 bits per heavy atom. The summed E-state index contributed by atoms with van der Waals surface area (Å²) in [7, 11) is 0. The summed E-state index contributed by atoms with van der Waals surface area (Å²) in [6.45, 7) is 9.95. The zero-order valence-electron chi connectivity index (χ0n) is 9.95. The van der Waals surface area contributed by atoms with Gasteiger partial charge < -0.3 is 10.2 Å². The monoisotopic (exact) mass is 379 g/mol. The Labute approximate surface area is 105 Å². The van der Waals surface area contributed by atoms with Crippen LogP contribution in [0.3, 0.4) is 0 Å². The van der Waals surface area contributed by atoms with E-state index in [1.165, 1.54) is 0 Å². The van der Waals surface area contributed by atoms with Gasteiger partial charge in [-0.1, -0.05) is 39.3 Å². The number of aromatic nitrogens is 3. The third kappa shape index (κ3) is 5.06. The maximum atomic E-state index is 4.21. The molecular weight excluding hydrogens is 360 g/mol. The summed E-state index contributed by atoms with van der Waals surface area (Å²) in [5.74, 6) is 0. The fraction of sp³-hybridized carbons (Fsp3) is 0.455. The summed E-state index contributed by atoms with van der Waals surface area (Å²) in [6.07, 6.45) is 1.67. The Hall–Kier alpha value is -0.718. The topological polar surface area (TPSA) is 39.9 Å². The van der Waals surface area contributed by atoms with Crippen molar-refractivity contribution in [2.24, 2.45) is 0 Å². The van der Waals surface area contributed by atoms with E-state index in [1.807, 2.05) is 46.8 Å². The molecule has 0 fully saturated rings. The fourth-order valence-corrected chi connectivity index (χ4v) is 0.895. The second-order valence-corrected chi connectivity index (χ2v) is 2.20. The molecule has 0 saturated heterocycles. The predicted molar refractivity (Wildman–Crippen MR) is 60.3 cm³/mol. The Morgan fingerprint density at radius 1 is 1.07 bits per heavy atom. The largest absolute Gasteiger partial charge is 0.574 e. The van der Waals surface area contributed by atoms with Gasteiger partial charge in [-0.05, 0) is 13.0 Å². The van der Waals surface area contributed by atoms with Crippen molar-refractivity contribution in [2.75, 3.05) is 0 Å². The first-order valence-electron chi connectivity index (χ1n) is 5.08. The van der Waals surface area contributed by atoms with Gasteiger partial charge in [-0.2, -0.15) is 0 Å². The second-order valence-electron chi connectivity index (χ2n) is 2.20. The van der Waals surface area contributed by atoms with Gasteiger partial charge in [0.2, 0.25) is 0 Å². The van der Waals surface area contributed by atoms with Gasteiger partial charge in [-0.25, -0.2) is 0 Å².